The lowest BCUT2D eigenvalue weighted by atomic mass is 10.0. The van der Waals surface area contributed by atoms with Crippen molar-refractivity contribution in [1.29, 1.82) is 0 Å². The third kappa shape index (κ3) is 7.75. The highest BCUT2D eigenvalue weighted by Crippen LogP contribution is 2.24. The summed E-state index contributed by atoms with van der Waals surface area (Å²) in [7, 11) is 0. The number of hydrogen-bond donors (Lipinski definition) is 1. The number of alkyl halides is 3. The molecule has 62 valence electrons. The molecule has 0 unspecified atom stereocenters. The summed E-state index contributed by atoms with van der Waals surface area (Å²) in [5.74, 6) is 0. The molecular weight excluding hydrogens is 143 g/mol. The fourth-order valence-electron chi connectivity index (χ4n) is 0.464. The van der Waals surface area contributed by atoms with E-state index in [2.05, 4.69) is 0 Å². The van der Waals surface area contributed by atoms with Crippen LogP contribution >= 0.6 is 0 Å². The van der Waals surface area contributed by atoms with E-state index in [0.29, 0.717) is 0 Å². The highest BCUT2D eigenvalue weighted by Gasteiger charge is 2.29. The molecule has 0 aliphatic rings. The van der Waals surface area contributed by atoms with Crippen LogP contribution in [-0.4, -0.2) is 11.7 Å². The first kappa shape index (κ1) is 9.75. The van der Waals surface area contributed by atoms with E-state index >= 15 is 0 Å². The summed E-state index contributed by atoms with van der Waals surface area (Å²) in [6.07, 6.45) is -4.89. The minimum Gasteiger partial charge on any atom is -0.326 e. The van der Waals surface area contributed by atoms with Crippen LogP contribution in [0.15, 0.2) is 0 Å². The van der Waals surface area contributed by atoms with E-state index in [1.165, 1.54) is 0 Å². The monoisotopic (exact) mass is 155 g/mol. The van der Waals surface area contributed by atoms with Gasteiger partial charge in [0.1, 0.15) is 0 Å². The Bertz CT molecular complexity index is 86.5. The van der Waals surface area contributed by atoms with E-state index in [4.69, 9.17) is 5.73 Å². The second-order valence-corrected chi connectivity index (χ2v) is 3.10. The normalized spacial score (nSPS) is 13.8. The maximum absolute atomic E-state index is 11.5. The molecule has 0 heterocycles. The van der Waals surface area contributed by atoms with Crippen molar-refractivity contribution in [2.45, 2.75) is 38.4 Å². The second-order valence-electron chi connectivity index (χ2n) is 3.10. The summed E-state index contributed by atoms with van der Waals surface area (Å²) >= 11 is 0. The second kappa shape index (κ2) is 2.78. The Morgan fingerprint density at radius 3 is 1.60 bits per heavy atom. The van der Waals surface area contributed by atoms with E-state index in [-0.39, 0.29) is 6.42 Å². The molecule has 0 aliphatic carbocycles. The van der Waals surface area contributed by atoms with Crippen LogP contribution < -0.4 is 5.73 Å². The van der Waals surface area contributed by atoms with Gasteiger partial charge < -0.3 is 5.73 Å². The van der Waals surface area contributed by atoms with Crippen molar-refractivity contribution in [2.24, 2.45) is 5.73 Å². The third-order valence-corrected chi connectivity index (χ3v) is 1.05. The molecule has 0 spiro atoms. The Morgan fingerprint density at radius 2 is 1.50 bits per heavy atom. The molecule has 0 aromatic carbocycles. The topological polar surface area (TPSA) is 26.0 Å². The summed E-state index contributed by atoms with van der Waals surface area (Å²) in [6, 6.07) is 0. The predicted molar refractivity (Wildman–Crippen MR) is 33.6 cm³/mol. The van der Waals surface area contributed by atoms with Gasteiger partial charge in [0, 0.05) is 12.0 Å². The standard InChI is InChI=1S/C6H12F3N/c1-5(2,10)3-4-6(7,8)9/h3-4,10H2,1-2H3. The zero-order chi connectivity index (χ0) is 8.41. The fraction of sp³-hybridized carbons (Fsp3) is 1.00. The van der Waals surface area contributed by atoms with Gasteiger partial charge in [-0.2, -0.15) is 13.2 Å². The molecule has 10 heavy (non-hydrogen) atoms. The third-order valence-electron chi connectivity index (χ3n) is 1.05. The van der Waals surface area contributed by atoms with Gasteiger partial charge in [-0.1, -0.05) is 0 Å². The molecule has 0 amide bonds. The van der Waals surface area contributed by atoms with Gasteiger partial charge in [-0.15, -0.1) is 0 Å². The minimum atomic E-state index is -4.07. The first-order chi connectivity index (χ1) is 4.21. The number of rotatable bonds is 2. The molecular formula is C6H12F3N. The molecule has 0 radical (unpaired) electrons. The number of nitrogens with two attached hydrogens (primary N) is 1. The highest BCUT2D eigenvalue weighted by molar-refractivity contribution is 4.72. The van der Waals surface area contributed by atoms with Crippen LogP contribution in [0.1, 0.15) is 26.7 Å². The lowest BCUT2D eigenvalue weighted by Gasteiger charge is -2.18. The van der Waals surface area contributed by atoms with E-state index in [9.17, 15) is 13.2 Å². The molecule has 0 rings (SSSR count). The average molecular weight is 155 g/mol. The van der Waals surface area contributed by atoms with Crippen LogP contribution in [0.5, 0.6) is 0 Å². The number of halogens is 3. The quantitative estimate of drug-likeness (QED) is 0.649. The van der Waals surface area contributed by atoms with Crippen LogP contribution in [0.3, 0.4) is 0 Å². The van der Waals surface area contributed by atoms with Crippen molar-refractivity contribution < 1.29 is 13.2 Å². The largest absolute Gasteiger partial charge is 0.389 e. The predicted octanol–water partition coefficient (Wildman–Crippen LogP) is 2.07. The molecule has 0 aliphatic heterocycles. The van der Waals surface area contributed by atoms with Crippen molar-refractivity contribution in [3.8, 4) is 0 Å². The van der Waals surface area contributed by atoms with Crippen LogP contribution in [0.4, 0.5) is 13.2 Å². The van der Waals surface area contributed by atoms with Gasteiger partial charge in [-0.05, 0) is 20.3 Å². The summed E-state index contributed by atoms with van der Waals surface area (Å²) in [4.78, 5) is 0. The molecule has 0 aromatic rings. The lowest BCUT2D eigenvalue weighted by molar-refractivity contribution is -0.137. The zero-order valence-electron chi connectivity index (χ0n) is 6.13. The smallest absolute Gasteiger partial charge is 0.326 e. The van der Waals surface area contributed by atoms with Gasteiger partial charge in [-0.3, -0.25) is 0 Å². The molecule has 0 bridgehead atoms. The van der Waals surface area contributed by atoms with Crippen molar-refractivity contribution >= 4 is 0 Å². The van der Waals surface area contributed by atoms with Gasteiger partial charge in [0.05, 0.1) is 0 Å². The Hall–Kier alpha value is -0.250. The Labute approximate surface area is 58.4 Å². The molecule has 0 saturated carbocycles. The van der Waals surface area contributed by atoms with Crippen LogP contribution in [0, 0.1) is 0 Å². The Balaban J connectivity index is 3.56. The first-order valence-corrected chi connectivity index (χ1v) is 3.06. The average Bonchev–Trinajstić information content (AvgIpc) is 1.57. The molecule has 1 nitrogen and oxygen atoms in total. The lowest BCUT2D eigenvalue weighted by Crippen LogP contribution is -2.33. The van der Waals surface area contributed by atoms with E-state index < -0.39 is 18.1 Å². The molecule has 0 atom stereocenters. The van der Waals surface area contributed by atoms with Crippen molar-refractivity contribution in [3.05, 3.63) is 0 Å². The summed E-state index contributed by atoms with van der Waals surface area (Å²) < 4.78 is 34.6. The van der Waals surface area contributed by atoms with Crippen molar-refractivity contribution in [2.75, 3.05) is 0 Å². The maximum Gasteiger partial charge on any atom is 0.389 e. The molecule has 4 heteroatoms. The van der Waals surface area contributed by atoms with Gasteiger partial charge in [0.15, 0.2) is 0 Å². The Kier molecular flexibility index (Phi) is 2.71. The summed E-state index contributed by atoms with van der Waals surface area (Å²) in [5.41, 5.74) is 4.63. The summed E-state index contributed by atoms with van der Waals surface area (Å²) in [5, 5.41) is 0. The SMILES string of the molecule is CC(C)(N)CCC(F)(F)F. The minimum absolute atomic E-state index is 0.0174. The van der Waals surface area contributed by atoms with Gasteiger partial charge >= 0.3 is 6.18 Å². The zero-order valence-corrected chi connectivity index (χ0v) is 6.13. The van der Waals surface area contributed by atoms with Gasteiger partial charge in [-0.25, -0.2) is 0 Å². The molecule has 0 aromatic heterocycles. The Morgan fingerprint density at radius 1 is 1.10 bits per heavy atom. The highest BCUT2D eigenvalue weighted by atomic mass is 19.4. The first-order valence-electron chi connectivity index (χ1n) is 3.06. The van der Waals surface area contributed by atoms with Crippen molar-refractivity contribution in [1.82, 2.24) is 0 Å². The van der Waals surface area contributed by atoms with E-state index in [1.807, 2.05) is 0 Å². The number of hydrogen-bond acceptors (Lipinski definition) is 1. The van der Waals surface area contributed by atoms with Gasteiger partial charge in [0.2, 0.25) is 0 Å². The van der Waals surface area contributed by atoms with Crippen molar-refractivity contribution in [3.63, 3.8) is 0 Å². The van der Waals surface area contributed by atoms with Gasteiger partial charge in [0.25, 0.3) is 0 Å². The maximum atomic E-state index is 11.5. The van der Waals surface area contributed by atoms with E-state index in [1.54, 1.807) is 13.8 Å². The molecule has 0 saturated heterocycles. The van der Waals surface area contributed by atoms with Crippen LogP contribution in [0.2, 0.25) is 0 Å². The molecule has 2 N–H and O–H groups in total. The fourth-order valence-corrected chi connectivity index (χ4v) is 0.464. The van der Waals surface area contributed by atoms with Crippen LogP contribution in [0.25, 0.3) is 0 Å². The summed E-state index contributed by atoms with van der Waals surface area (Å²) in [6.45, 7) is 3.16. The van der Waals surface area contributed by atoms with E-state index in [0.717, 1.165) is 0 Å². The molecule has 0 fully saturated rings. The van der Waals surface area contributed by atoms with Crippen LogP contribution in [-0.2, 0) is 0 Å².